The van der Waals surface area contributed by atoms with Gasteiger partial charge in [0.15, 0.2) is 0 Å². The zero-order chi connectivity index (χ0) is 18.6. The van der Waals surface area contributed by atoms with E-state index in [9.17, 15) is 19.1 Å². The fraction of sp³-hybridized carbons (Fsp3) is 0.389. The number of aromatic nitrogens is 1. The molecule has 1 amide bonds. The number of rotatable bonds is 7. The lowest BCUT2D eigenvalue weighted by molar-refractivity contribution is -0.140. The van der Waals surface area contributed by atoms with Gasteiger partial charge in [-0.1, -0.05) is 32.4 Å². The summed E-state index contributed by atoms with van der Waals surface area (Å²) in [6.45, 7) is 5.39. The van der Waals surface area contributed by atoms with Crippen molar-refractivity contribution in [3.63, 3.8) is 0 Å². The number of aryl methyl sites for hydroxylation is 1. The molecule has 0 aliphatic heterocycles. The molecule has 1 heterocycles. The van der Waals surface area contributed by atoms with Gasteiger partial charge in [0.25, 0.3) is 5.91 Å². The van der Waals surface area contributed by atoms with E-state index in [1.54, 1.807) is 26.0 Å². The van der Waals surface area contributed by atoms with E-state index in [0.29, 0.717) is 23.4 Å². The maximum Gasteiger partial charge on any atom is 0.326 e. The lowest BCUT2D eigenvalue weighted by Gasteiger charge is -2.19. The first kappa shape index (κ1) is 19.1. The van der Waals surface area contributed by atoms with Crippen molar-refractivity contribution in [3.8, 4) is 0 Å². The van der Waals surface area contributed by atoms with Crippen molar-refractivity contribution >= 4 is 23.2 Å². The minimum atomic E-state index is -1.04. The first-order valence-electron chi connectivity index (χ1n) is 8.06. The first-order valence-corrected chi connectivity index (χ1v) is 8.87. The van der Waals surface area contributed by atoms with Crippen molar-refractivity contribution in [2.45, 2.75) is 39.7 Å². The summed E-state index contributed by atoms with van der Waals surface area (Å²) in [5.74, 6) is -1.94. The number of carbonyl (C=O) groups excluding carboxylic acids is 1. The van der Waals surface area contributed by atoms with E-state index >= 15 is 0 Å². The number of halogens is 1. The highest BCUT2D eigenvalue weighted by molar-refractivity contribution is 7.13. The molecule has 2 N–H and O–H groups in total. The van der Waals surface area contributed by atoms with E-state index in [2.05, 4.69) is 10.3 Å². The van der Waals surface area contributed by atoms with Crippen LogP contribution in [-0.4, -0.2) is 28.0 Å². The Labute approximate surface area is 149 Å². The lowest BCUT2D eigenvalue weighted by Crippen LogP contribution is -2.44. The average molecular weight is 364 g/mol. The molecule has 0 fully saturated rings. The third kappa shape index (κ3) is 4.85. The van der Waals surface area contributed by atoms with Crippen molar-refractivity contribution in [2.24, 2.45) is 5.92 Å². The molecule has 0 aliphatic carbocycles. The van der Waals surface area contributed by atoms with Crippen LogP contribution in [0.25, 0.3) is 0 Å². The molecule has 2 atom stereocenters. The summed E-state index contributed by atoms with van der Waals surface area (Å²) in [7, 11) is 0. The maximum atomic E-state index is 13.0. The minimum absolute atomic E-state index is 0.173. The third-order valence-corrected chi connectivity index (χ3v) is 5.24. The molecule has 0 spiro atoms. The second-order valence-corrected chi connectivity index (χ2v) is 7.08. The Hall–Kier alpha value is -2.28. The second-order valence-electron chi connectivity index (χ2n) is 6.00. The van der Waals surface area contributed by atoms with E-state index in [0.717, 1.165) is 10.6 Å². The standard InChI is InChI=1S/C18H21FN2O3S/c1-4-10(2)15(18(23)24)21-17(22)16-11(3)20-14(25-16)9-12-5-7-13(19)8-6-12/h5-8,10,15H,4,9H2,1-3H3,(H,21,22)(H,23,24)/t10-,15-/m0/s1. The number of nitrogens with one attached hydrogen (secondary N) is 1. The molecule has 1 aromatic carbocycles. The SMILES string of the molecule is CC[C@H](C)[C@H](NC(=O)c1sc(Cc2ccc(F)cc2)nc1C)C(=O)O. The van der Waals surface area contributed by atoms with Crippen molar-refractivity contribution in [1.82, 2.24) is 10.3 Å². The van der Waals surface area contributed by atoms with Crippen molar-refractivity contribution in [2.75, 3.05) is 0 Å². The minimum Gasteiger partial charge on any atom is -0.480 e. The van der Waals surface area contributed by atoms with Gasteiger partial charge >= 0.3 is 5.97 Å². The van der Waals surface area contributed by atoms with Crippen LogP contribution in [0.3, 0.4) is 0 Å². The molecule has 0 saturated carbocycles. The van der Waals surface area contributed by atoms with Crippen LogP contribution in [0.15, 0.2) is 24.3 Å². The Morgan fingerprint density at radius 3 is 2.52 bits per heavy atom. The van der Waals surface area contributed by atoms with Gasteiger partial charge < -0.3 is 10.4 Å². The van der Waals surface area contributed by atoms with E-state index in [1.165, 1.54) is 23.5 Å². The van der Waals surface area contributed by atoms with Gasteiger partial charge in [0, 0.05) is 6.42 Å². The number of aliphatic carboxylic acids is 1. The largest absolute Gasteiger partial charge is 0.480 e. The van der Waals surface area contributed by atoms with Gasteiger partial charge in [-0.2, -0.15) is 0 Å². The van der Waals surface area contributed by atoms with Crippen LogP contribution in [0, 0.1) is 18.7 Å². The van der Waals surface area contributed by atoms with Gasteiger partial charge in [0.05, 0.1) is 10.7 Å². The Morgan fingerprint density at radius 1 is 1.32 bits per heavy atom. The summed E-state index contributed by atoms with van der Waals surface area (Å²) in [5, 5.41) is 12.6. The number of benzene rings is 1. The Kier molecular flexibility index (Phi) is 6.25. The van der Waals surface area contributed by atoms with Crippen molar-refractivity contribution < 1.29 is 19.1 Å². The fourth-order valence-electron chi connectivity index (χ4n) is 2.41. The summed E-state index contributed by atoms with van der Waals surface area (Å²) in [5.41, 5.74) is 1.46. The molecular formula is C18H21FN2O3S. The Bertz CT molecular complexity index is 758. The summed E-state index contributed by atoms with van der Waals surface area (Å²) in [6.07, 6.45) is 1.14. The molecule has 7 heteroatoms. The summed E-state index contributed by atoms with van der Waals surface area (Å²) < 4.78 is 13.0. The van der Waals surface area contributed by atoms with E-state index in [1.807, 2.05) is 6.92 Å². The Balaban J connectivity index is 2.14. The van der Waals surface area contributed by atoms with Gasteiger partial charge in [0.2, 0.25) is 0 Å². The van der Waals surface area contributed by atoms with Crippen LogP contribution in [0.5, 0.6) is 0 Å². The van der Waals surface area contributed by atoms with Crippen molar-refractivity contribution in [1.29, 1.82) is 0 Å². The predicted molar refractivity (Wildman–Crippen MR) is 94.4 cm³/mol. The molecule has 0 unspecified atom stereocenters. The van der Waals surface area contributed by atoms with Gasteiger partial charge in [0.1, 0.15) is 16.7 Å². The molecule has 25 heavy (non-hydrogen) atoms. The number of hydrogen-bond donors (Lipinski definition) is 2. The van der Waals surface area contributed by atoms with Crippen LogP contribution in [0.4, 0.5) is 4.39 Å². The highest BCUT2D eigenvalue weighted by Crippen LogP contribution is 2.22. The summed E-state index contributed by atoms with van der Waals surface area (Å²) >= 11 is 1.23. The number of hydrogen-bond acceptors (Lipinski definition) is 4. The van der Waals surface area contributed by atoms with E-state index in [-0.39, 0.29) is 11.7 Å². The number of carboxylic acid groups (broad SMARTS) is 1. The normalized spacial score (nSPS) is 13.3. The van der Waals surface area contributed by atoms with E-state index in [4.69, 9.17) is 0 Å². The molecule has 0 bridgehead atoms. The molecule has 0 aliphatic rings. The van der Waals surface area contributed by atoms with Crippen molar-refractivity contribution in [3.05, 3.63) is 51.2 Å². The molecule has 134 valence electrons. The average Bonchev–Trinajstić information content (AvgIpc) is 2.94. The van der Waals surface area contributed by atoms with Gasteiger partial charge in [-0.25, -0.2) is 14.2 Å². The summed E-state index contributed by atoms with van der Waals surface area (Å²) in [4.78, 5) is 28.6. The maximum absolute atomic E-state index is 13.0. The quantitative estimate of drug-likeness (QED) is 0.789. The van der Waals surface area contributed by atoms with E-state index < -0.39 is 17.9 Å². The van der Waals surface area contributed by atoms with Crippen LogP contribution >= 0.6 is 11.3 Å². The summed E-state index contributed by atoms with van der Waals surface area (Å²) in [6, 6.07) is 5.18. The number of carboxylic acids is 1. The van der Waals surface area contributed by atoms with Crippen LogP contribution < -0.4 is 5.32 Å². The molecule has 2 rings (SSSR count). The highest BCUT2D eigenvalue weighted by atomic mass is 32.1. The third-order valence-electron chi connectivity index (χ3n) is 4.08. The highest BCUT2D eigenvalue weighted by Gasteiger charge is 2.27. The molecular weight excluding hydrogens is 343 g/mol. The first-order chi connectivity index (χ1) is 11.8. The monoisotopic (exact) mass is 364 g/mol. The smallest absolute Gasteiger partial charge is 0.326 e. The van der Waals surface area contributed by atoms with Gasteiger partial charge in [-0.3, -0.25) is 4.79 Å². The van der Waals surface area contributed by atoms with Gasteiger partial charge in [-0.15, -0.1) is 11.3 Å². The molecule has 5 nitrogen and oxygen atoms in total. The molecule has 0 saturated heterocycles. The number of carbonyl (C=O) groups is 2. The number of amides is 1. The van der Waals surface area contributed by atoms with Crippen LogP contribution in [0.2, 0.25) is 0 Å². The van der Waals surface area contributed by atoms with Gasteiger partial charge in [-0.05, 0) is 30.5 Å². The predicted octanol–water partition coefficient (Wildman–Crippen LogP) is 3.41. The van der Waals surface area contributed by atoms with Crippen LogP contribution in [-0.2, 0) is 11.2 Å². The topological polar surface area (TPSA) is 79.3 Å². The lowest BCUT2D eigenvalue weighted by atomic mass is 9.99. The molecule has 0 radical (unpaired) electrons. The van der Waals surface area contributed by atoms with Crippen LogP contribution in [0.1, 0.15) is 46.2 Å². The zero-order valence-corrected chi connectivity index (χ0v) is 15.2. The Morgan fingerprint density at radius 2 is 1.96 bits per heavy atom. The number of nitrogens with zero attached hydrogens (tertiary/aromatic N) is 1. The fourth-order valence-corrected chi connectivity index (χ4v) is 3.41. The number of thiazole rings is 1. The molecule has 1 aromatic heterocycles. The zero-order valence-electron chi connectivity index (χ0n) is 14.4. The molecule has 2 aromatic rings. The second kappa shape index (κ2) is 8.20.